The van der Waals surface area contributed by atoms with Crippen LogP contribution in [0.2, 0.25) is 0 Å². The van der Waals surface area contributed by atoms with Crippen molar-refractivity contribution in [1.82, 2.24) is 4.90 Å². The van der Waals surface area contributed by atoms with Gasteiger partial charge in [0.05, 0.1) is 7.11 Å². The van der Waals surface area contributed by atoms with Crippen molar-refractivity contribution in [3.8, 4) is 21.9 Å². The smallest absolute Gasteiger partial charge is 0.195 e. The van der Waals surface area contributed by atoms with Gasteiger partial charge < -0.3 is 9.47 Å². The second kappa shape index (κ2) is 10.1. The number of ether oxygens (including phenoxy) is 2. The fraction of sp³-hybridized carbons (Fsp3) is 0.296. The number of hydrogen-bond donors (Lipinski definition) is 0. The molecule has 4 aromatic rings. The highest BCUT2D eigenvalue weighted by molar-refractivity contribution is 7.23. The van der Waals surface area contributed by atoms with E-state index in [0.29, 0.717) is 12.2 Å². The maximum absolute atomic E-state index is 13.7. The van der Waals surface area contributed by atoms with Crippen molar-refractivity contribution in [3.63, 3.8) is 0 Å². The number of hydrogen-bond acceptors (Lipinski definition) is 6. The van der Waals surface area contributed by atoms with E-state index >= 15 is 0 Å². The fourth-order valence-electron chi connectivity index (χ4n) is 4.35. The number of thiophene rings is 2. The molecule has 0 atom stereocenters. The van der Waals surface area contributed by atoms with Crippen LogP contribution in [0.4, 0.5) is 0 Å². The maximum Gasteiger partial charge on any atom is 0.195 e. The van der Waals surface area contributed by atoms with Gasteiger partial charge in [0.2, 0.25) is 0 Å². The molecule has 0 spiro atoms. The van der Waals surface area contributed by atoms with Crippen LogP contribution in [-0.2, 0) is 0 Å². The van der Waals surface area contributed by atoms with Crippen molar-refractivity contribution in [2.45, 2.75) is 19.3 Å². The van der Waals surface area contributed by atoms with Crippen LogP contribution in [0.1, 0.15) is 35.2 Å². The van der Waals surface area contributed by atoms with Crippen molar-refractivity contribution in [3.05, 3.63) is 70.4 Å². The molecule has 33 heavy (non-hydrogen) atoms. The van der Waals surface area contributed by atoms with Gasteiger partial charge in [-0.3, -0.25) is 9.69 Å². The number of carbonyl (C=O) groups is 1. The molecule has 0 amide bonds. The van der Waals surface area contributed by atoms with E-state index in [4.69, 9.17) is 9.47 Å². The molecule has 0 N–H and O–H groups in total. The van der Waals surface area contributed by atoms with E-state index in [-0.39, 0.29) is 5.78 Å². The molecule has 5 rings (SSSR count). The summed E-state index contributed by atoms with van der Waals surface area (Å²) in [6, 6.07) is 15.6. The van der Waals surface area contributed by atoms with Gasteiger partial charge >= 0.3 is 0 Å². The molecule has 4 nitrogen and oxygen atoms in total. The Morgan fingerprint density at radius 1 is 1.00 bits per heavy atom. The Morgan fingerprint density at radius 2 is 1.79 bits per heavy atom. The summed E-state index contributed by atoms with van der Waals surface area (Å²) in [6.45, 7) is 3.97. The van der Waals surface area contributed by atoms with E-state index in [0.717, 1.165) is 44.1 Å². The summed E-state index contributed by atoms with van der Waals surface area (Å²) in [5.74, 6) is 1.64. The second-order valence-electron chi connectivity index (χ2n) is 8.28. The first-order valence-electron chi connectivity index (χ1n) is 11.4. The third-order valence-corrected chi connectivity index (χ3v) is 8.03. The first-order chi connectivity index (χ1) is 16.2. The molecule has 0 aliphatic carbocycles. The molecule has 1 saturated heterocycles. The average molecular weight is 478 g/mol. The summed E-state index contributed by atoms with van der Waals surface area (Å²) in [4.78, 5) is 17.1. The van der Waals surface area contributed by atoms with Gasteiger partial charge in [-0.15, -0.1) is 11.3 Å². The Bertz CT molecular complexity index is 1220. The highest BCUT2D eigenvalue weighted by Gasteiger charge is 2.22. The van der Waals surface area contributed by atoms with E-state index in [1.807, 2.05) is 47.8 Å². The average Bonchev–Trinajstić information content (AvgIpc) is 3.52. The van der Waals surface area contributed by atoms with Crippen LogP contribution in [0.5, 0.6) is 11.5 Å². The number of methoxy groups -OCH3 is 1. The number of fused-ring (bicyclic) bond motifs is 1. The summed E-state index contributed by atoms with van der Waals surface area (Å²) < 4.78 is 12.4. The zero-order valence-electron chi connectivity index (χ0n) is 18.7. The third-order valence-electron chi connectivity index (χ3n) is 6.15. The van der Waals surface area contributed by atoms with Gasteiger partial charge in [0.15, 0.2) is 5.78 Å². The van der Waals surface area contributed by atoms with Crippen LogP contribution < -0.4 is 9.47 Å². The first kappa shape index (κ1) is 22.1. The Balaban J connectivity index is 1.37. The van der Waals surface area contributed by atoms with Crippen molar-refractivity contribution in [1.29, 1.82) is 0 Å². The molecule has 0 saturated carbocycles. The number of piperidine rings is 1. The standard InChI is InChI=1S/C27H27NO3S2/c1-30-22-9-10-23-24(17-22)33-27(20-11-16-32-18-20)25(23)26(29)19-5-7-21(8-6-19)31-15-14-28-12-3-2-4-13-28/h5-11,16-18H,2-4,12-15H2,1H3. The van der Waals surface area contributed by atoms with E-state index in [9.17, 15) is 4.79 Å². The summed E-state index contributed by atoms with van der Waals surface area (Å²) in [5.41, 5.74) is 2.52. The molecular weight excluding hydrogens is 450 g/mol. The zero-order valence-corrected chi connectivity index (χ0v) is 20.3. The lowest BCUT2D eigenvalue weighted by molar-refractivity contribution is 0.104. The zero-order chi connectivity index (χ0) is 22.6. The van der Waals surface area contributed by atoms with E-state index in [2.05, 4.69) is 16.3 Å². The Morgan fingerprint density at radius 3 is 2.52 bits per heavy atom. The van der Waals surface area contributed by atoms with Crippen LogP contribution in [0.3, 0.4) is 0 Å². The molecule has 1 fully saturated rings. The monoisotopic (exact) mass is 477 g/mol. The maximum atomic E-state index is 13.7. The van der Waals surface area contributed by atoms with Gasteiger partial charge in [-0.25, -0.2) is 0 Å². The van der Waals surface area contributed by atoms with Crippen molar-refractivity contribution < 1.29 is 14.3 Å². The predicted molar refractivity (Wildman–Crippen MR) is 137 cm³/mol. The normalized spacial score (nSPS) is 14.5. The Labute approximate surface area is 202 Å². The van der Waals surface area contributed by atoms with Crippen molar-refractivity contribution in [2.75, 3.05) is 33.4 Å². The van der Waals surface area contributed by atoms with Gasteiger partial charge in [-0.2, -0.15) is 11.3 Å². The molecule has 1 aliphatic heterocycles. The highest BCUT2D eigenvalue weighted by Crippen LogP contribution is 2.41. The minimum Gasteiger partial charge on any atom is -0.497 e. The van der Waals surface area contributed by atoms with Crippen molar-refractivity contribution >= 4 is 38.5 Å². The minimum absolute atomic E-state index is 0.0347. The lowest BCUT2D eigenvalue weighted by Gasteiger charge is -2.26. The topological polar surface area (TPSA) is 38.8 Å². The Kier molecular flexibility index (Phi) is 6.76. The van der Waals surface area contributed by atoms with Gasteiger partial charge in [0, 0.05) is 38.2 Å². The lowest BCUT2D eigenvalue weighted by Crippen LogP contribution is -2.33. The first-order valence-corrected chi connectivity index (χ1v) is 13.1. The van der Waals surface area contributed by atoms with E-state index in [1.54, 1.807) is 29.8 Å². The molecule has 0 unspecified atom stereocenters. The summed E-state index contributed by atoms with van der Waals surface area (Å²) in [5, 5.41) is 5.11. The van der Waals surface area contributed by atoms with Gasteiger partial charge in [-0.05, 0) is 85.2 Å². The number of ketones is 1. The molecule has 6 heteroatoms. The summed E-state index contributed by atoms with van der Waals surface area (Å²) >= 11 is 3.28. The van der Waals surface area contributed by atoms with Crippen molar-refractivity contribution in [2.24, 2.45) is 0 Å². The number of nitrogens with zero attached hydrogens (tertiary/aromatic N) is 1. The SMILES string of the molecule is COc1ccc2c(C(=O)c3ccc(OCCN4CCCCC4)cc3)c(-c3ccsc3)sc2c1. The summed E-state index contributed by atoms with van der Waals surface area (Å²) in [6.07, 6.45) is 3.91. The van der Waals surface area contributed by atoms with Gasteiger partial charge in [0.25, 0.3) is 0 Å². The number of rotatable bonds is 8. The third kappa shape index (κ3) is 4.83. The molecule has 170 valence electrons. The molecule has 0 bridgehead atoms. The summed E-state index contributed by atoms with van der Waals surface area (Å²) in [7, 11) is 1.66. The number of benzene rings is 2. The molecular formula is C27H27NO3S2. The van der Waals surface area contributed by atoms with Crippen LogP contribution in [0, 0.1) is 0 Å². The van der Waals surface area contributed by atoms with Gasteiger partial charge in [-0.1, -0.05) is 6.42 Å². The fourth-order valence-corrected chi connectivity index (χ4v) is 6.29. The molecule has 2 aromatic heterocycles. The molecule has 3 heterocycles. The minimum atomic E-state index is 0.0347. The molecule has 1 aliphatic rings. The van der Waals surface area contributed by atoms with E-state index < -0.39 is 0 Å². The van der Waals surface area contributed by atoms with Crippen LogP contribution in [-0.4, -0.2) is 44.0 Å². The van der Waals surface area contributed by atoms with Crippen LogP contribution in [0.15, 0.2) is 59.3 Å². The lowest BCUT2D eigenvalue weighted by atomic mass is 9.98. The second-order valence-corrected chi connectivity index (χ2v) is 10.1. The largest absolute Gasteiger partial charge is 0.497 e. The quantitative estimate of drug-likeness (QED) is 0.264. The van der Waals surface area contributed by atoms with Crippen LogP contribution >= 0.6 is 22.7 Å². The molecule has 2 aromatic carbocycles. The highest BCUT2D eigenvalue weighted by atomic mass is 32.1. The van der Waals surface area contributed by atoms with Crippen LogP contribution in [0.25, 0.3) is 20.5 Å². The van der Waals surface area contributed by atoms with E-state index in [1.165, 1.54) is 32.4 Å². The molecule has 0 radical (unpaired) electrons. The number of likely N-dealkylation sites (tertiary alicyclic amines) is 1. The Hall–Kier alpha value is -2.67. The predicted octanol–water partition coefficient (Wildman–Crippen LogP) is 6.73. The van der Waals surface area contributed by atoms with Gasteiger partial charge in [0.1, 0.15) is 18.1 Å². The number of carbonyl (C=O) groups excluding carboxylic acids is 1.